The first-order valence-electron chi connectivity index (χ1n) is 7.43. The Morgan fingerprint density at radius 1 is 1.57 bits per heavy atom. The van der Waals surface area contributed by atoms with Crippen LogP contribution in [0.15, 0.2) is 15.5 Å². The van der Waals surface area contributed by atoms with Crippen molar-refractivity contribution in [1.82, 2.24) is 20.0 Å². The summed E-state index contributed by atoms with van der Waals surface area (Å²) >= 11 is 3.39. The third-order valence-corrected chi connectivity index (χ3v) is 4.54. The van der Waals surface area contributed by atoms with Crippen LogP contribution in [0.5, 0.6) is 0 Å². The molecule has 0 saturated carbocycles. The predicted octanol–water partition coefficient (Wildman–Crippen LogP) is 0.979. The van der Waals surface area contributed by atoms with Crippen molar-refractivity contribution in [1.29, 1.82) is 0 Å². The van der Waals surface area contributed by atoms with E-state index in [0.717, 1.165) is 44.2 Å². The lowest BCUT2D eigenvalue weighted by molar-refractivity contribution is 0.367. The van der Waals surface area contributed by atoms with Gasteiger partial charge in [-0.1, -0.05) is 0 Å². The Morgan fingerprint density at radius 3 is 3.05 bits per heavy atom. The number of hydrogen-bond donors (Lipinski definition) is 2. The monoisotopic (exact) mass is 357 g/mol. The number of rotatable bonds is 7. The van der Waals surface area contributed by atoms with Crippen LogP contribution in [0.1, 0.15) is 12.8 Å². The molecular formula is C14H24BrN5O. The summed E-state index contributed by atoms with van der Waals surface area (Å²) < 4.78 is 2.07. The number of aromatic nitrogens is 2. The van der Waals surface area contributed by atoms with Gasteiger partial charge in [-0.25, -0.2) is 4.68 Å². The van der Waals surface area contributed by atoms with Gasteiger partial charge >= 0.3 is 0 Å². The van der Waals surface area contributed by atoms with Crippen LogP contribution in [0.4, 0.5) is 5.69 Å². The first-order valence-corrected chi connectivity index (χ1v) is 8.22. The third-order valence-electron chi connectivity index (χ3n) is 3.77. The number of anilines is 1. The van der Waals surface area contributed by atoms with E-state index >= 15 is 0 Å². The lowest BCUT2D eigenvalue weighted by Gasteiger charge is -2.13. The van der Waals surface area contributed by atoms with Crippen LogP contribution in [0.2, 0.25) is 0 Å². The van der Waals surface area contributed by atoms with E-state index in [1.807, 2.05) is 19.0 Å². The molecule has 0 radical (unpaired) electrons. The maximum Gasteiger partial charge on any atom is 0.283 e. The van der Waals surface area contributed by atoms with Crippen molar-refractivity contribution in [2.24, 2.45) is 5.92 Å². The second kappa shape index (κ2) is 7.91. The molecule has 21 heavy (non-hydrogen) atoms. The van der Waals surface area contributed by atoms with Gasteiger partial charge in [-0.3, -0.25) is 4.79 Å². The maximum atomic E-state index is 12.2. The lowest BCUT2D eigenvalue weighted by atomic mass is 10.1. The Balaban J connectivity index is 1.91. The van der Waals surface area contributed by atoms with Crippen LogP contribution in [0.25, 0.3) is 0 Å². The van der Waals surface area contributed by atoms with Gasteiger partial charge in [0.1, 0.15) is 4.47 Å². The fraction of sp³-hybridized carbons (Fsp3) is 0.714. The fourth-order valence-electron chi connectivity index (χ4n) is 2.41. The molecule has 118 valence electrons. The summed E-state index contributed by atoms with van der Waals surface area (Å²) in [4.78, 5) is 14.2. The second-order valence-electron chi connectivity index (χ2n) is 5.78. The van der Waals surface area contributed by atoms with E-state index in [2.05, 4.69) is 31.7 Å². The zero-order chi connectivity index (χ0) is 15.2. The molecule has 2 rings (SSSR count). The molecule has 2 heterocycles. The summed E-state index contributed by atoms with van der Waals surface area (Å²) in [5.41, 5.74) is 0.705. The molecule has 1 aromatic rings. The number of nitrogens with one attached hydrogen (secondary N) is 2. The van der Waals surface area contributed by atoms with Gasteiger partial charge in [0.15, 0.2) is 0 Å². The van der Waals surface area contributed by atoms with Crippen molar-refractivity contribution < 1.29 is 0 Å². The highest BCUT2D eigenvalue weighted by atomic mass is 79.9. The van der Waals surface area contributed by atoms with Gasteiger partial charge in [-0.2, -0.15) is 5.10 Å². The summed E-state index contributed by atoms with van der Waals surface area (Å²) in [6.45, 7) is 4.48. The predicted molar refractivity (Wildman–Crippen MR) is 88.8 cm³/mol. The Bertz CT molecular complexity index is 511. The lowest BCUT2D eigenvalue weighted by Crippen LogP contribution is -2.29. The molecule has 1 aliphatic heterocycles. The summed E-state index contributed by atoms with van der Waals surface area (Å²) in [5, 5.41) is 10.9. The van der Waals surface area contributed by atoms with E-state index in [1.54, 1.807) is 6.20 Å². The van der Waals surface area contributed by atoms with Crippen molar-refractivity contribution in [3.63, 3.8) is 0 Å². The molecule has 0 amide bonds. The first-order chi connectivity index (χ1) is 10.1. The zero-order valence-electron chi connectivity index (χ0n) is 12.7. The molecule has 0 bridgehead atoms. The van der Waals surface area contributed by atoms with Crippen LogP contribution in [0, 0.1) is 5.92 Å². The van der Waals surface area contributed by atoms with E-state index in [4.69, 9.17) is 0 Å². The first kappa shape index (κ1) is 16.5. The summed E-state index contributed by atoms with van der Waals surface area (Å²) in [7, 11) is 3.96. The van der Waals surface area contributed by atoms with Crippen LogP contribution in [-0.4, -0.2) is 55.0 Å². The van der Waals surface area contributed by atoms with E-state index in [0.29, 0.717) is 11.0 Å². The van der Waals surface area contributed by atoms with Gasteiger partial charge in [-0.05, 0) is 61.9 Å². The Morgan fingerprint density at radius 2 is 2.38 bits per heavy atom. The van der Waals surface area contributed by atoms with Crippen LogP contribution in [0.3, 0.4) is 0 Å². The summed E-state index contributed by atoms with van der Waals surface area (Å²) in [6.07, 6.45) is 4.09. The Labute approximate surface area is 134 Å². The molecule has 7 heteroatoms. The van der Waals surface area contributed by atoms with Crippen molar-refractivity contribution in [2.45, 2.75) is 19.4 Å². The number of halogens is 1. The van der Waals surface area contributed by atoms with E-state index < -0.39 is 0 Å². The molecule has 0 spiro atoms. The minimum Gasteiger partial charge on any atom is -0.383 e. The molecule has 0 aliphatic carbocycles. The standard InChI is InChI=1S/C14H24BrN5O/c1-19(2)7-8-20-14(21)13(15)12(10-18-20)17-6-4-11-3-5-16-9-11/h10-11,16-17H,3-9H2,1-2H3. The zero-order valence-corrected chi connectivity index (χ0v) is 14.3. The van der Waals surface area contributed by atoms with Gasteiger partial charge in [0.05, 0.1) is 18.4 Å². The normalized spacial score (nSPS) is 18.4. The van der Waals surface area contributed by atoms with Crippen LogP contribution < -0.4 is 16.2 Å². The highest BCUT2D eigenvalue weighted by molar-refractivity contribution is 9.10. The molecule has 1 fully saturated rings. The molecule has 1 atom stereocenters. The van der Waals surface area contributed by atoms with Crippen molar-refractivity contribution in [3.05, 3.63) is 21.0 Å². The number of likely N-dealkylation sites (N-methyl/N-ethyl adjacent to an activating group) is 1. The van der Waals surface area contributed by atoms with Crippen LogP contribution >= 0.6 is 15.9 Å². The minimum absolute atomic E-state index is 0.0793. The smallest absolute Gasteiger partial charge is 0.283 e. The van der Waals surface area contributed by atoms with E-state index in [9.17, 15) is 4.79 Å². The number of hydrogen-bond acceptors (Lipinski definition) is 5. The molecule has 1 aromatic heterocycles. The van der Waals surface area contributed by atoms with Crippen molar-refractivity contribution in [3.8, 4) is 0 Å². The highest BCUT2D eigenvalue weighted by Gasteiger charge is 2.14. The third kappa shape index (κ3) is 4.79. The van der Waals surface area contributed by atoms with Crippen LogP contribution in [-0.2, 0) is 6.54 Å². The summed E-state index contributed by atoms with van der Waals surface area (Å²) in [5.74, 6) is 0.740. The fourth-order valence-corrected chi connectivity index (χ4v) is 2.86. The number of nitrogens with zero attached hydrogens (tertiary/aromatic N) is 3. The largest absolute Gasteiger partial charge is 0.383 e. The van der Waals surface area contributed by atoms with Crippen molar-refractivity contribution in [2.75, 3.05) is 45.6 Å². The maximum absolute atomic E-state index is 12.2. The van der Waals surface area contributed by atoms with Gasteiger partial charge in [0.2, 0.25) is 0 Å². The van der Waals surface area contributed by atoms with Gasteiger partial charge in [0, 0.05) is 13.1 Å². The Kier molecular flexibility index (Phi) is 6.20. The molecule has 6 nitrogen and oxygen atoms in total. The van der Waals surface area contributed by atoms with Gasteiger partial charge in [0.25, 0.3) is 5.56 Å². The average molecular weight is 358 g/mol. The Hall–Kier alpha value is -0.920. The topological polar surface area (TPSA) is 62.2 Å². The summed E-state index contributed by atoms with van der Waals surface area (Å²) in [6, 6.07) is 0. The molecule has 0 aromatic carbocycles. The van der Waals surface area contributed by atoms with Gasteiger partial charge < -0.3 is 15.5 Å². The van der Waals surface area contributed by atoms with Gasteiger partial charge in [-0.15, -0.1) is 0 Å². The van der Waals surface area contributed by atoms with Crippen molar-refractivity contribution >= 4 is 21.6 Å². The molecule has 1 aliphatic rings. The molecule has 1 saturated heterocycles. The minimum atomic E-state index is -0.0793. The quantitative estimate of drug-likeness (QED) is 0.761. The molecular weight excluding hydrogens is 334 g/mol. The van der Waals surface area contributed by atoms with E-state index in [1.165, 1.54) is 11.1 Å². The molecule has 2 N–H and O–H groups in total. The molecule has 1 unspecified atom stereocenters. The average Bonchev–Trinajstić information content (AvgIpc) is 2.95. The second-order valence-corrected chi connectivity index (χ2v) is 6.57. The van der Waals surface area contributed by atoms with E-state index in [-0.39, 0.29) is 5.56 Å². The SMILES string of the molecule is CN(C)CCn1ncc(NCCC2CCNC2)c(Br)c1=O. The highest BCUT2D eigenvalue weighted by Crippen LogP contribution is 2.17.